The molecule has 0 spiro atoms. The first-order valence-electron chi connectivity index (χ1n) is 6.48. The third kappa shape index (κ3) is 2.04. The fraction of sp³-hybridized carbons (Fsp3) is 0.500. The Morgan fingerprint density at radius 3 is 2.94 bits per heavy atom. The lowest BCUT2D eigenvalue weighted by Gasteiger charge is -2.39. The summed E-state index contributed by atoms with van der Waals surface area (Å²) in [6, 6.07) is 10.7. The average molecular weight is 262 g/mol. The van der Waals surface area contributed by atoms with E-state index >= 15 is 0 Å². The molecule has 0 aromatic heterocycles. The van der Waals surface area contributed by atoms with Gasteiger partial charge in [0.05, 0.1) is 6.04 Å². The van der Waals surface area contributed by atoms with Crippen LogP contribution in [0, 0.1) is 0 Å². The Bertz CT molecular complexity index is 462. The monoisotopic (exact) mass is 262 g/mol. The molecule has 3 nitrogen and oxygen atoms in total. The molecule has 2 aliphatic heterocycles. The quantitative estimate of drug-likeness (QED) is 0.890. The molecule has 1 saturated heterocycles. The highest BCUT2D eigenvalue weighted by Crippen LogP contribution is 2.41. The van der Waals surface area contributed by atoms with Gasteiger partial charge in [0, 0.05) is 18.7 Å². The molecule has 0 aliphatic carbocycles. The van der Waals surface area contributed by atoms with Gasteiger partial charge in [-0.1, -0.05) is 49.0 Å². The van der Waals surface area contributed by atoms with Crippen molar-refractivity contribution >= 4 is 16.9 Å². The van der Waals surface area contributed by atoms with Crippen LogP contribution in [0.2, 0.25) is 0 Å². The molecule has 4 heteroatoms. The van der Waals surface area contributed by atoms with Crippen LogP contribution in [0.4, 0.5) is 0 Å². The minimum absolute atomic E-state index is 0.263. The van der Waals surface area contributed by atoms with Crippen molar-refractivity contribution in [3.63, 3.8) is 0 Å². The molecule has 2 heterocycles. The smallest absolute Gasteiger partial charge is 0.162 e. The van der Waals surface area contributed by atoms with Gasteiger partial charge in [0.25, 0.3) is 0 Å². The number of thioether (sulfide) groups is 1. The fourth-order valence-electron chi connectivity index (χ4n) is 2.64. The second kappa shape index (κ2) is 4.59. The number of amidine groups is 1. The van der Waals surface area contributed by atoms with Crippen molar-refractivity contribution in [1.82, 2.24) is 4.90 Å². The highest BCUT2D eigenvalue weighted by atomic mass is 32.2. The zero-order valence-electron chi connectivity index (χ0n) is 10.5. The third-order valence-electron chi connectivity index (χ3n) is 3.76. The van der Waals surface area contributed by atoms with E-state index in [1.165, 1.54) is 5.56 Å². The fourth-order valence-corrected chi connectivity index (χ4v) is 3.73. The summed E-state index contributed by atoms with van der Waals surface area (Å²) in [5, 5.41) is 11.5. The highest BCUT2D eigenvalue weighted by molar-refractivity contribution is 8.14. The molecule has 1 aromatic carbocycles. The molecule has 2 unspecified atom stereocenters. The first-order valence-corrected chi connectivity index (χ1v) is 7.47. The van der Waals surface area contributed by atoms with Gasteiger partial charge >= 0.3 is 0 Å². The van der Waals surface area contributed by atoms with Crippen molar-refractivity contribution in [2.75, 3.05) is 12.3 Å². The number of aliphatic hydroxyl groups is 1. The molecule has 0 saturated carbocycles. The summed E-state index contributed by atoms with van der Waals surface area (Å²) in [5.74, 6) is 1.07. The van der Waals surface area contributed by atoms with Crippen molar-refractivity contribution < 1.29 is 5.11 Å². The number of fused-ring (bicyclic) bond motifs is 1. The number of benzene rings is 1. The van der Waals surface area contributed by atoms with E-state index in [-0.39, 0.29) is 6.04 Å². The second-order valence-electron chi connectivity index (χ2n) is 4.90. The Morgan fingerprint density at radius 1 is 1.44 bits per heavy atom. The zero-order valence-corrected chi connectivity index (χ0v) is 11.4. The van der Waals surface area contributed by atoms with Crippen molar-refractivity contribution in [2.24, 2.45) is 4.99 Å². The van der Waals surface area contributed by atoms with E-state index in [1.54, 1.807) is 11.8 Å². The van der Waals surface area contributed by atoms with Crippen LogP contribution < -0.4 is 0 Å². The SMILES string of the molecule is CCC1(O)CC(c2ccccc2)N2CCSC2=N1. The van der Waals surface area contributed by atoms with E-state index in [1.807, 2.05) is 13.0 Å². The van der Waals surface area contributed by atoms with Gasteiger partial charge < -0.3 is 10.0 Å². The largest absolute Gasteiger partial charge is 0.369 e. The molecular formula is C14H18N2OS. The van der Waals surface area contributed by atoms with Crippen LogP contribution in [-0.2, 0) is 0 Å². The van der Waals surface area contributed by atoms with Crippen molar-refractivity contribution in [2.45, 2.75) is 31.5 Å². The number of hydrogen-bond donors (Lipinski definition) is 1. The molecular weight excluding hydrogens is 244 g/mol. The Balaban J connectivity index is 1.98. The normalized spacial score (nSPS) is 31.1. The maximum absolute atomic E-state index is 10.5. The molecule has 0 amide bonds. The van der Waals surface area contributed by atoms with Crippen LogP contribution in [0.5, 0.6) is 0 Å². The van der Waals surface area contributed by atoms with Crippen molar-refractivity contribution in [3.8, 4) is 0 Å². The molecule has 2 aliphatic rings. The maximum atomic E-state index is 10.5. The third-order valence-corrected chi connectivity index (χ3v) is 4.73. The summed E-state index contributed by atoms with van der Waals surface area (Å²) in [6.45, 7) is 3.03. The number of rotatable bonds is 2. The van der Waals surface area contributed by atoms with Crippen LogP contribution in [0.1, 0.15) is 31.4 Å². The van der Waals surface area contributed by atoms with Gasteiger partial charge in [0.15, 0.2) is 10.9 Å². The summed E-state index contributed by atoms with van der Waals surface area (Å²) in [6.07, 6.45) is 1.37. The molecule has 1 fully saturated rings. The van der Waals surface area contributed by atoms with Crippen molar-refractivity contribution in [1.29, 1.82) is 0 Å². The van der Waals surface area contributed by atoms with E-state index in [4.69, 9.17) is 0 Å². The van der Waals surface area contributed by atoms with E-state index in [2.05, 4.69) is 34.2 Å². The van der Waals surface area contributed by atoms with E-state index in [9.17, 15) is 5.11 Å². The lowest BCUT2D eigenvalue weighted by molar-refractivity contribution is 0.00487. The topological polar surface area (TPSA) is 35.8 Å². The van der Waals surface area contributed by atoms with Crippen LogP contribution in [0.3, 0.4) is 0 Å². The van der Waals surface area contributed by atoms with E-state index in [0.29, 0.717) is 12.8 Å². The van der Waals surface area contributed by atoms with Crippen LogP contribution >= 0.6 is 11.8 Å². The van der Waals surface area contributed by atoms with Gasteiger partial charge in [-0.15, -0.1) is 0 Å². The average Bonchev–Trinajstić information content (AvgIpc) is 2.86. The molecule has 1 aromatic rings. The van der Waals surface area contributed by atoms with Gasteiger partial charge in [0.1, 0.15) is 0 Å². The molecule has 0 radical (unpaired) electrons. The minimum Gasteiger partial charge on any atom is -0.369 e. The molecule has 96 valence electrons. The zero-order chi connectivity index (χ0) is 12.6. The Morgan fingerprint density at radius 2 is 2.22 bits per heavy atom. The number of aliphatic imine (C=N–C) groups is 1. The summed E-state index contributed by atoms with van der Waals surface area (Å²) in [7, 11) is 0. The molecule has 18 heavy (non-hydrogen) atoms. The Labute approximate surface area is 112 Å². The van der Waals surface area contributed by atoms with E-state index < -0.39 is 5.72 Å². The highest BCUT2D eigenvalue weighted by Gasteiger charge is 2.40. The number of nitrogens with zero attached hydrogens (tertiary/aromatic N) is 2. The summed E-state index contributed by atoms with van der Waals surface area (Å²) in [4.78, 5) is 6.87. The van der Waals surface area contributed by atoms with Crippen LogP contribution in [-0.4, -0.2) is 33.2 Å². The Kier molecular flexibility index (Phi) is 3.08. The molecule has 2 atom stereocenters. The first-order chi connectivity index (χ1) is 8.72. The second-order valence-corrected chi connectivity index (χ2v) is 5.96. The van der Waals surface area contributed by atoms with Crippen molar-refractivity contribution in [3.05, 3.63) is 35.9 Å². The predicted octanol–water partition coefficient (Wildman–Crippen LogP) is 2.63. The van der Waals surface area contributed by atoms with Gasteiger partial charge in [-0.3, -0.25) is 0 Å². The van der Waals surface area contributed by atoms with Gasteiger partial charge in [-0.05, 0) is 12.0 Å². The minimum atomic E-state index is -0.885. The van der Waals surface area contributed by atoms with E-state index in [0.717, 1.165) is 17.5 Å². The van der Waals surface area contributed by atoms with Crippen LogP contribution in [0.25, 0.3) is 0 Å². The van der Waals surface area contributed by atoms with Gasteiger partial charge in [-0.25, -0.2) is 4.99 Å². The first kappa shape index (κ1) is 12.1. The Hall–Kier alpha value is -1.00. The standard InChI is InChI=1S/C14H18N2OS/c1-2-14(17)10-12(11-6-4-3-5-7-11)16-8-9-18-13(16)15-14/h3-7,12,17H,2,8-10H2,1H3. The lowest BCUT2D eigenvalue weighted by atomic mass is 9.93. The summed E-state index contributed by atoms with van der Waals surface area (Å²) < 4.78 is 0. The number of hydrogen-bond acceptors (Lipinski definition) is 4. The molecule has 0 bridgehead atoms. The van der Waals surface area contributed by atoms with Crippen LogP contribution in [0.15, 0.2) is 35.3 Å². The molecule has 3 rings (SSSR count). The summed E-state index contributed by atoms with van der Waals surface area (Å²) in [5.41, 5.74) is 0.392. The lowest BCUT2D eigenvalue weighted by Crippen LogP contribution is -2.43. The molecule has 1 N–H and O–H groups in total. The summed E-state index contributed by atoms with van der Waals surface area (Å²) >= 11 is 1.76. The maximum Gasteiger partial charge on any atom is 0.162 e. The van der Waals surface area contributed by atoms with Gasteiger partial charge in [0.2, 0.25) is 0 Å². The van der Waals surface area contributed by atoms with Gasteiger partial charge in [-0.2, -0.15) is 0 Å². The predicted molar refractivity (Wildman–Crippen MR) is 75.6 cm³/mol.